The molecule has 0 aromatic heterocycles. The Morgan fingerprint density at radius 1 is 1.21 bits per heavy atom. The topological polar surface area (TPSA) is 109 Å². The Morgan fingerprint density at radius 2 is 1.89 bits per heavy atom. The quantitative estimate of drug-likeness (QED) is 0.516. The van der Waals surface area contributed by atoms with E-state index >= 15 is 0 Å². The monoisotopic (exact) mass is 423 g/mol. The van der Waals surface area contributed by atoms with E-state index in [1.165, 1.54) is 0 Å². The summed E-state index contributed by atoms with van der Waals surface area (Å²) in [6.07, 6.45) is 0.859. The average Bonchev–Trinajstić information content (AvgIpc) is 3.02. The van der Waals surface area contributed by atoms with Crippen molar-refractivity contribution in [2.45, 2.75) is 103 Å². The highest BCUT2D eigenvalue weighted by Gasteiger charge is 2.48. The molecule has 1 saturated carbocycles. The molecule has 7 atom stereocenters. The van der Waals surface area contributed by atoms with Crippen LogP contribution in [-0.4, -0.2) is 60.3 Å². The van der Waals surface area contributed by atoms with E-state index < -0.39 is 25.6 Å². The molecule has 9 heteroatoms. The molecular formula is C19H38NO7P. The van der Waals surface area contributed by atoms with E-state index in [1.54, 1.807) is 0 Å². The third-order valence-electron chi connectivity index (χ3n) is 5.17. The Labute approximate surface area is 169 Å². The van der Waals surface area contributed by atoms with Gasteiger partial charge >= 0.3 is 7.82 Å². The standard InChI is InChI=1S/C19H38NO7P/c1-12(2)23-11-19(20)9-14(5)7-18(19)27-28(21,22)24-10-17-16(25-13(3)4)8-15(6)26-17/h12-18H,7-11,20H2,1-6H3,(H,21,22)/t14-,15-,16+,17?,18+,19-/m0/s1. The number of ether oxygens (including phenoxy) is 3. The summed E-state index contributed by atoms with van der Waals surface area (Å²) in [5.74, 6) is 0.272. The molecule has 2 rings (SSSR count). The van der Waals surface area contributed by atoms with Gasteiger partial charge < -0.3 is 24.8 Å². The van der Waals surface area contributed by atoms with Crippen molar-refractivity contribution in [1.82, 2.24) is 0 Å². The zero-order chi connectivity index (χ0) is 21.1. The van der Waals surface area contributed by atoms with Gasteiger partial charge in [-0.05, 0) is 53.4 Å². The van der Waals surface area contributed by atoms with Gasteiger partial charge in [0, 0.05) is 6.42 Å². The lowest BCUT2D eigenvalue weighted by Gasteiger charge is -2.32. The van der Waals surface area contributed by atoms with Crippen LogP contribution in [0.25, 0.3) is 0 Å². The molecule has 0 aromatic rings. The molecule has 0 amide bonds. The molecule has 0 bridgehead atoms. The van der Waals surface area contributed by atoms with Crippen molar-refractivity contribution < 1.29 is 32.7 Å². The Morgan fingerprint density at radius 3 is 2.50 bits per heavy atom. The fraction of sp³-hybridized carbons (Fsp3) is 1.00. The fourth-order valence-electron chi connectivity index (χ4n) is 4.00. The second-order valence-corrected chi connectivity index (χ2v) is 10.3. The lowest BCUT2D eigenvalue weighted by Crippen LogP contribution is -2.52. The number of hydrogen-bond donors (Lipinski definition) is 2. The summed E-state index contributed by atoms with van der Waals surface area (Å²) in [6, 6.07) is 0. The summed E-state index contributed by atoms with van der Waals surface area (Å²) in [5.41, 5.74) is 5.67. The van der Waals surface area contributed by atoms with Gasteiger partial charge in [-0.2, -0.15) is 0 Å². The molecule has 1 heterocycles. The summed E-state index contributed by atoms with van der Waals surface area (Å²) < 4.78 is 40.7. The fourth-order valence-corrected chi connectivity index (χ4v) is 5.02. The van der Waals surface area contributed by atoms with Crippen molar-refractivity contribution in [3.63, 3.8) is 0 Å². The van der Waals surface area contributed by atoms with Gasteiger partial charge in [-0.1, -0.05) is 6.92 Å². The molecule has 0 radical (unpaired) electrons. The van der Waals surface area contributed by atoms with Crippen LogP contribution in [0.15, 0.2) is 0 Å². The van der Waals surface area contributed by atoms with Crippen LogP contribution in [0.3, 0.4) is 0 Å². The Bertz CT molecular complexity index is 546. The molecule has 1 aliphatic heterocycles. The largest absolute Gasteiger partial charge is 0.472 e. The summed E-state index contributed by atoms with van der Waals surface area (Å²) in [5, 5.41) is 0. The van der Waals surface area contributed by atoms with Gasteiger partial charge in [-0.3, -0.25) is 9.05 Å². The minimum absolute atomic E-state index is 0.0110. The number of rotatable bonds is 10. The van der Waals surface area contributed by atoms with Gasteiger partial charge in [0.25, 0.3) is 0 Å². The van der Waals surface area contributed by atoms with E-state index in [2.05, 4.69) is 0 Å². The predicted octanol–water partition coefficient (Wildman–Crippen LogP) is 3.01. The van der Waals surface area contributed by atoms with Crippen molar-refractivity contribution in [2.75, 3.05) is 13.2 Å². The van der Waals surface area contributed by atoms with Crippen LogP contribution in [-0.2, 0) is 27.8 Å². The van der Waals surface area contributed by atoms with Gasteiger partial charge in [0.15, 0.2) is 0 Å². The number of hydrogen-bond acceptors (Lipinski definition) is 7. The second kappa shape index (κ2) is 9.84. The van der Waals surface area contributed by atoms with Crippen molar-refractivity contribution in [3.8, 4) is 0 Å². The Balaban J connectivity index is 1.93. The van der Waals surface area contributed by atoms with Crippen LogP contribution < -0.4 is 5.73 Å². The summed E-state index contributed by atoms with van der Waals surface area (Å²) in [7, 11) is -4.30. The lowest BCUT2D eigenvalue weighted by molar-refractivity contribution is -0.0654. The van der Waals surface area contributed by atoms with E-state index in [0.717, 1.165) is 6.42 Å². The van der Waals surface area contributed by atoms with Crippen molar-refractivity contribution in [2.24, 2.45) is 11.7 Å². The number of nitrogens with two attached hydrogens (primary N) is 1. The first kappa shape index (κ1) is 24.2. The van der Waals surface area contributed by atoms with E-state index in [0.29, 0.717) is 12.8 Å². The van der Waals surface area contributed by atoms with E-state index in [4.69, 9.17) is 29.0 Å². The van der Waals surface area contributed by atoms with E-state index in [9.17, 15) is 9.46 Å². The molecule has 8 nitrogen and oxygen atoms in total. The zero-order valence-corrected chi connectivity index (χ0v) is 18.9. The molecule has 0 spiro atoms. The van der Waals surface area contributed by atoms with Gasteiger partial charge in [0.05, 0.1) is 49.3 Å². The van der Waals surface area contributed by atoms with Crippen LogP contribution in [0.1, 0.15) is 60.8 Å². The number of phosphoric acid groups is 1. The molecule has 166 valence electrons. The van der Waals surface area contributed by atoms with Crippen molar-refractivity contribution in [3.05, 3.63) is 0 Å². The highest BCUT2D eigenvalue weighted by atomic mass is 31.2. The maximum Gasteiger partial charge on any atom is 0.472 e. The first-order valence-electron chi connectivity index (χ1n) is 10.3. The van der Waals surface area contributed by atoms with Crippen LogP contribution >= 0.6 is 7.82 Å². The van der Waals surface area contributed by atoms with Gasteiger partial charge in [-0.25, -0.2) is 4.57 Å². The molecule has 2 unspecified atom stereocenters. The Kier molecular flexibility index (Phi) is 8.51. The van der Waals surface area contributed by atoms with Crippen molar-refractivity contribution in [1.29, 1.82) is 0 Å². The van der Waals surface area contributed by atoms with E-state index in [-0.39, 0.29) is 43.5 Å². The highest BCUT2D eigenvalue weighted by molar-refractivity contribution is 7.47. The van der Waals surface area contributed by atoms with Gasteiger partial charge in [-0.15, -0.1) is 0 Å². The average molecular weight is 423 g/mol. The van der Waals surface area contributed by atoms with Crippen LogP contribution in [0.5, 0.6) is 0 Å². The maximum atomic E-state index is 12.6. The third-order valence-corrected chi connectivity index (χ3v) is 6.16. The molecule has 1 saturated heterocycles. The summed E-state index contributed by atoms with van der Waals surface area (Å²) >= 11 is 0. The normalized spacial score (nSPS) is 38.4. The molecule has 3 N–H and O–H groups in total. The van der Waals surface area contributed by atoms with Crippen molar-refractivity contribution >= 4 is 7.82 Å². The molecular weight excluding hydrogens is 385 g/mol. The van der Waals surface area contributed by atoms with Crippen LogP contribution in [0, 0.1) is 5.92 Å². The highest BCUT2D eigenvalue weighted by Crippen LogP contribution is 2.50. The predicted molar refractivity (Wildman–Crippen MR) is 106 cm³/mol. The first-order chi connectivity index (χ1) is 12.9. The minimum Gasteiger partial charge on any atom is -0.377 e. The first-order valence-corrected chi connectivity index (χ1v) is 11.8. The number of phosphoric ester groups is 1. The van der Waals surface area contributed by atoms with E-state index in [1.807, 2.05) is 41.5 Å². The van der Waals surface area contributed by atoms with Gasteiger partial charge in [0.2, 0.25) is 0 Å². The SMILES string of the molecule is CC(C)OC[C@@]1(N)C[C@@H](C)C[C@H]1OP(=O)(O)OCC1O[C@@H](C)C[C@H]1OC(C)C. The van der Waals surface area contributed by atoms with Gasteiger partial charge in [0.1, 0.15) is 6.10 Å². The third kappa shape index (κ3) is 7.03. The zero-order valence-electron chi connectivity index (χ0n) is 18.0. The molecule has 0 aromatic carbocycles. The Hall–Kier alpha value is -0.0500. The summed E-state index contributed by atoms with van der Waals surface area (Å²) in [4.78, 5) is 10.3. The minimum atomic E-state index is -4.30. The molecule has 2 fully saturated rings. The lowest BCUT2D eigenvalue weighted by atomic mass is 9.97. The maximum absolute atomic E-state index is 12.6. The van der Waals surface area contributed by atoms with Crippen LogP contribution in [0.4, 0.5) is 0 Å². The summed E-state index contributed by atoms with van der Waals surface area (Å²) in [6.45, 7) is 11.9. The van der Waals surface area contributed by atoms with Crippen LogP contribution in [0.2, 0.25) is 0 Å². The smallest absolute Gasteiger partial charge is 0.377 e. The second-order valence-electron chi connectivity index (χ2n) is 8.94. The molecule has 2 aliphatic rings. The molecule has 1 aliphatic carbocycles. The molecule has 28 heavy (non-hydrogen) atoms.